The minimum atomic E-state index is -0.313. The molecule has 0 aliphatic carbocycles. The predicted octanol–water partition coefficient (Wildman–Crippen LogP) is 18.8. The van der Waals surface area contributed by atoms with E-state index in [1.165, 1.54) is 0 Å². The van der Waals surface area contributed by atoms with Gasteiger partial charge in [0, 0.05) is 44.0 Å². The lowest BCUT2D eigenvalue weighted by Crippen LogP contribution is -2.13. The molecule has 1 aromatic heterocycles. The molecule has 0 atom stereocenters. The fourth-order valence-electron chi connectivity index (χ4n) is 10.2. The van der Waals surface area contributed by atoms with Crippen LogP contribution in [0.2, 0.25) is 0 Å². The highest BCUT2D eigenvalue weighted by molar-refractivity contribution is 6.28. The average Bonchev–Trinajstić information content (AvgIpc) is 3.80. The molecule has 0 unspecified atom stereocenters. The maximum Gasteiger partial charge on any atom is 0.159 e. The van der Waals surface area contributed by atoms with Gasteiger partial charge in [0.2, 0.25) is 0 Å². The fourth-order valence-corrected chi connectivity index (χ4v) is 10.2. The van der Waals surface area contributed by atoms with Crippen molar-refractivity contribution in [1.29, 1.82) is 0 Å². The Kier molecular flexibility index (Phi) is 9.84. The van der Waals surface area contributed by atoms with E-state index in [-0.39, 0.29) is 11.6 Å². The van der Waals surface area contributed by atoms with Gasteiger partial charge in [0.25, 0.3) is 0 Å². The van der Waals surface area contributed by atoms with Crippen LogP contribution < -0.4 is 14.5 Å². The first-order valence-electron chi connectivity index (χ1n) is 23.3. The molecule has 0 saturated carbocycles. The lowest BCUT2D eigenvalue weighted by atomic mass is 9.91. The van der Waals surface area contributed by atoms with Crippen molar-refractivity contribution in [3.05, 3.63) is 254 Å². The second kappa shape index (κ2) is 16.8. The number of para-hydroxylation sites is 5. The molecule has 0 aliphatic rings. The van der Waals surface area contributed by atoms with Crippen molar-refractivity contribution in [2.45, 2.75) is 0 Å². The Morgan fingerprint density at radius 1 is 0.357 bits per heavy atom. The summed E-state index contributed by atoms with van der Waals surface area (Å²) in [6.07, 6.45) is 0. The van der Waals surface area contributed by atoms with Crippen LogP contribution >= 0.6 is 0 Å². The van der Waals surface area contributed by atoms with Crippen molar-refractivity contribution in [3.63, 3.8) is 0 Å². The molecule has 0 bridgehead atoms. The van der Waals surface area contributed by atoms with Gasteiger partial charge >= 0.3 is 0 Å². The predicted molar refractivity (Wildman–Crippen MR) is 284 cm³/mol. The van der Waals surface area contributed by atoms with Crippen LogP contribution in [0.3, 0.4) is 0 Å². The van der Waals surface area contributed by atoms with E-state index in [4.69, 9.17) is 9.15 Å². The molecule has 0 radical (unpaired) electrons. The smallest absolute Gasteiger partial charge is 0.159 e. The molecule has 0 spiro atoms. The Balaban J connectivity index is 1.07. The number of halogens is 2. The summed E-state index contributed by atoms with van der Waals surface area (Å²) in [6.45, 7) is 0. The number of ether oxygens (including phenoxy) is 1. The summed E-state index contributed by atoms with van der Waals surface area (Å²) in [7, 11) is 0. The van der Waals surface area contributed by atoms with Gasteiger partial charge in [-0.2, -0.15) is 0 Å². The Morgan fingerprint density at radius 2 is 0.843 bits per heavy atom. The number of anilines is 6. The van der Waals surface area contributed by atoms with E-state index in [0.717, 1.165) is 99.5 Å². The molecule has 0 aliphatic heterocycles. The number of fused-ring (bicyclic) bond motifs is 3. The van der Waals surface area contributed by atoms with E-state index in [2.05, 4.69) is 82.6 Å². The third kappa shape index (κ3) is 6.88. The summed E-state index contributed by atoms with van der Waals surface area (Å²) in [5.74, 6) is 0.711. The Morgan fingerprint density at radius 3 is 1.46 bits per heavy atom. The number of furan rings is 1. The maximum atomic E-state index is 16.0. The van der Waals surface area contributed by atoms with Gasteiger partial charge in [-0.1, -0.05) is 158 Å². The van der Waals surface area contributed by atoms with Crippen molar-refractivity contribution < 1.29 is 17.9 Å². The maximum absolute atomic E-state index is 16.0. The van der Waals surface area contributed by atoms with Gasteiger partial charge in [-0.3, -0.25) is 0 Å². The SMILES string of the molecule is Fc1ccc(N(c2ccccc2Oc2ccccc2)c2ccc3ccc4c(N(c5ccc(F)c(-c6ccccc6)c5)c5cccc6c5oc5ccccc56)ccc5ccc2c3c54)cc1-c1ccccc1. The van der Waals surface area contributed by atoms with Crippen LogP contribution in [0.1, 0.15) is 0 Å². The van der Waals surface area contributed by atoms with Gasteiger partial charge in [0.1, 0.15) is 23.0 Å². The number of nitrogens with zero attached hydrogens (tertiary/aromatic N) is 2. The number of benzene rings is 12. The summed E-state index contributed by atoms with van der Waals surface area (Å²) < 4.78 is 45.3. The first-order valence-corrected chi connectivity index (χ1v) is 23.3. The van der Waals surface area contributed by atoms with Crippen LogP contribution in [-0.2, 0) is 0 Å². The molecular weight excluding hydrogens is 867 g/mol. The van der Waals surface area contributed by atoms with Gasteiger partial charge in [-0.05, 0) is 118 Å². The van der Waals surface area contributed by atoms with Crippen LogP contribution in [-0.4, -0.2) is 0 Å². The first-order chi connectivity index (χ1) is 34.6. The van der Waals surface area contributed by atoms with Crippen molar-refractivity contribution in [2.75, 3.05) is 9.80 Å². The Hall–Kier alpha value is -9.26. The van der Waals surface area contributed by atoms with Crippen LogP contribution in [0.15, 0.2) is 247 Å². The molecule has 13 rings (SSSR count). The van der Waals surface area contributed by atoms with Crippen LogP contribution in [0.5, 0.6) is 11.5 Å². The molecule has 0 saturated heterocycles. The van der Waals surface area contributed by atoms with Crippen LogP contribution in [0, 0.1) is 11.6 Å². The van der Waals surface area contributed by atoms with Gasteiger partial charge in [-0.15, -0.1) is 0 Å². The van der Waals surface area contributed by atoms with Crippen molar-refractivity contribution in [1.82, 2.24) is 0 Å². The quantitative estimate of drug-likeness (QED) is 0.128. The highest BCUT2D eigenvalue weighted by Gasteiger charge is 2.26. The first kappa shape index (κ1) is 41.0. The van der Waals surface area contributed by atoms with E-state index >= 15 is 8.78 Å². The molecule has 6 heteroatoms. The second-order valence-corrected chi connectivity index (χ2v) is 17.5. The van der Waals surface area contributed by atoms with E-state index in [1.54, 1.807) is 12.1 Å². The average molecular weight is 907 g/mol. The molecule has 12 aromatic carbocycles. The zero-order valence-corrected chi connectivity index (χ0v) is 37.6. The molecule has 0 fully saturated rings. The molecule has 0 N–H and O–H groups in total. The molecule has 332 valence electrons. The third-order valence-electron chi connectivity index (χ3n) is 13.4. The van der Waals surface area contributed by atoms with E-state index in [1.807, 2.05) is 158 Å². The summed E-state index contributed by atoms with van der Waals surface area (Å²) in [5.41, 5.74) is 8.97. The minimum absolute atomic E-state index is 0.308. The van der Waals surface area contributed by atoms with Gasteiger partial charge in [0.15, 0.2) is 11.3 Å². The van der Waals surface area contributed by atoms with Crippen LogP contribution in [0.25, 0.3) is 76.5 Å². The fraction of sp³-hybridized carbons (Fsp3) is 0. The lowest BCUT2D eigenvalue weighted by molar-refractivity contribution is 0.484. The topological polar surface area (TPSA) is 28.9 Å². The third-order valence-corrected chi connectivity index (χ3v) is 13.4. The number of hydrogen-bond donors (Lipinski definition) is 0. The van der Waals surface area contributed by atoms with Crippen molar-refractivity contribution in [2.24, 2.45) is 0 Å². The molecule has 13 aromatic rings. The zero-order valence-electron chi connectivity index (χ0n) is 37.6. The Labute approximate surface area is 402 Å². The van der Waals surface area contributed by atoms with E-state index < -0.39 is 0 Å². The normalized spacial score (nSPS) is 11.6. The minimum Gasteiger partial charge on any atom is -0.455 e. The molecule has 1 heterocycles. The van der Waals surface area contributed by atoms with E-state index in [9.17, 15) is 0 Å². The molecule has 70 heavy (non-hydrogen) atoms. The van der Waals surface area contributed by atoms with Gasteiger partial charge in [-0.25, -0.2) is 8.78 Å². The number of hydrogen-bond acceptors (Lipinski definition) is 4. The van der Waals surface area contributed by atoms with Crippen molar-refractivity contribution >= 4 is 88.4 Å². The van der Waals surface area contributed by atoms with Gasteiger partial charge in [0.05, 0.1) is 22.7 Å². The summed E-state index contributed by atoms with van der Waals surface area (Å²) in [4.78, 5) is 4.38. The summed E-state index contributed by atoms with van der Waals surface area (Å²) in [5, 5.41) is 8.25. The van der Waals surface area contributed by atoms with Crippen molar-refractivity contribution in [3.8, 4) is 33.8 Å². The monoisotopic (exact) mass is 906 g/mol. The second-order valence-electron chi connectivity index (χ2n) is 17.5. The summed E-state index contributed by atoms with van der Waals surface area (Å²) in [6, 6.07) is 79.3. The standard InChI is InChI=1S/C64H40F2N2O2/c65-54-35-31-45(39-52(54)41-15-4-1-5-16-41)67(58-23-11-13-26-61(58)69-47-19-8-3-9-20-47)56-37-29-43-28-34-51-57(38-30-44-27-33-50(56)62(43)63(44)51)68(46-32-36-55(66)53(40-46)42-17-6-2-7-18-42)59-24-14-22-49-48-21-10-12-25-60(48)70-64(49)59/h1-40H. The number of rotatable bonds is 10. The molecule has 4 nitrogen and oxygen atoms in total. The Bertz CT molecular complexity index is 4080. The highest BCUT2D eigenvalue weighted by atomic mass is 19.1. The van der Waals surface area contributed by atoms with E-state index in [0.29, 0.717) is 22.6 Å². The molecule has 0 amide bonds. The summed E-state index contributed by atoms with van der Waals surface area (Å²) >= 11 is 0. The largest absolute Gasteiger partial charge is 0.455 e. The zero-order chi connectivity index (χ0) is 46.7. The van der Waals surface area contributed by atoms with Gasteiger partial charge < -0.3 is 19.0 Å². The van der Waals surface area contributed by atoms with Crippen LogP contribution in [0.4, 0.5) is 42.9 Å². The lowest BCUT2D eigenvalue weighted by Gasteiger charge is -2.30. The highest BCUT2D eigenvalue weighted by Crippen LogP contribution is 2.51. The molecular formula is C64H40F2N2O2.